The Hall–Kier alpha value is -0.249. The zero-order valence-electron chi connectivity index (χ0n) is 22.7. The first-order valence-corrected chi connectivity index (χ1v) is 21.4. The van der Waals surface area contributed by atoms with Gasteiger partial charge in [-0.2, -0.15) is 0 Å². The van der Waals surface area contributed by atoms with Crippen molar-refractivity contribution >= 4 is 24.7 Å². The van der Waals surface area contributed by atoms with Crippen molar-refractivity contribution in [3.05, 3.63) is 12.7 Å². The van der Waals surface area contributed by atoms with Crippen molar-refractivity contribution in [3.63, 3.8) is 0 Å². The van der Waals surface area contributed by atoms with Gasteiger partial charge in [-0.1, -0.05) is 73.2 Å². The predicted molar refractivity (Wildman–Crippen MR) is 146 cm³/mol. The number of aliphatic hydroxyl groups is 2. The van der Waals surface area contributed by atoms with E-state index in [1.54, 1.807) is 6.08 Å². The van der Waals surface area contributed by atoms with E-state index in [0.29, 0.717) is 0 Å². The highest BCUT2D eigenvalue weighted by molar-refractivity contribution is 6.83. The average Bonchev–Trinajstić information content (AvgIpc) is 2.82. The fourth-order valence-electron chi connectivity index (χ4n) is 4.63. The van der Waals surface area contributed by atoms with E-state index in [9.17, 15) is 10.2 Å². The summed E-state index contributed by atoms with van der Waals surface area (Å²) < 4.78 is 20.2. The molecule has 5 nitrogen and oxygen atoms in total. The van der Waals surface area contributed by atoms with E-state index in [-0.39, 0.29) is 6.61 Å². The molecule has 1 heterocycles. The zero-order chi connectivity index (χ0) is 25.5. The second-order valence-electron chi connectivity index (χ2n) is 10.5. The minimum Gasteiger partial charge on any atom is -0.408 e. The van der Waals surface area contributed by atoms with E-state index in [4.69, 9.17) is 13.6 Å². The van der Waals surface area contributed by atoms with Crippen LogP contribution in [0.15, 0.2) is 12.7 Å². The second-order valence-corrected chi connectivity index (χ2v) is 24.7. The Kier molecular flexibility index (Phi) is 11.8. The molecular weight excluding hydrogens is 465 g/mol. The molecule has 5 unspecified atom stereocenters. The number of rotatable bonds is 12. The van der Waals surface area contributed by atoms with Crippen LogP contribution in [0.4, 0.5) is 0 Å². The average molecular weight is 515 g/mol. The van der Waals surface area contributed by atoms with Crippen LogP contribution in [0.1, 0.15) is 41.5 Å². The summed E-state index contributed by atoms with van der Waals surface area (Å²) in [4.78, 5) is 0. The second kappa shape index (κ2) is 12.6. The van der Waals surface area contributed by atoms with Crippen molar-refractivity contribution < 1.29 is 23.8 Å². The van der Waals surface area contributed by atoms with E-state index in [0.717, 1.165) is 36.3 Å². The van der Waals surface area contributed by atoms with Gasteiger partial charge in [-0.3, -0.25) is 0 Å². The normalized spacial score (nSPS) is 28.8. The third-order valence-corrected chi connectivity index (χ3v) is 17.7. The highest BCUT2D eigenvalue weighted by atomic mass is 28.4. The number of ether oxygens (including phenoxy) is 1. The highest BCUT2D eigenvalue weighted by Gasteiger charge is 2.56. The summed E-state index contributed by atoms with van der Waals surface area (Å²) in [6.45, 7) is 23.2. The molecule has 1 aliphatic heterocycles. The molecule has 0 saturated carbocycles. The van der Waals surface area contributed by atoms with Crippen molar-refractivity contribution in [1.82, 2.24) is 0 Å². The van der Waals surface area contributed by atoms with Crippen LogP contribution < -0.4 is 0 Å². The summed E-state index contributed by atoms with van der Waals surface area (Å²) in [7, 11) is -5.89. The van der Waals surface area contributed by atoms with Gasteiger partial charge in [-0.15, -0.1) is 12.1 Å². The predicted octanol–water partition coefficient (Wildman–Crippen LogP) is 5.32. The summed E-state index contributed by atoms with van der Waals surface area (Å²) in [6.07, 6.45) is -1.35. The lowest BCUT2D eigenvalue weighted by Crippen LogP contribution is -2.69. The molecule has 8 heteroatoms. The lowest BCUT2D eigenvalue weighted by molar-refractivity contribution is -0.237. The molecule has 0 aromatic rings. The number of aliphatic hydroxyl groups excluding tert-OH is 2. The summed E-state index contributed by atoms with van der Waals surface area (Å²) >= 11 is 0. The van der Waals surface area contributed by atoms with Crippen LogP contribution in [-0.4, -0.2) is 71.5 Å². The van der Waals surface area contributed by atoms with E-state index in [1.807, 2.05) is 0 Å². The Morgan fingerprint density at radius 2 is 1.36 bits per heavy atom. The SMILES string of the molecule is C=CC1(CO)OC(C#C[Si](C)(C)C)C(O[Si](CC)(CC)CC)C(O)C1O[Si](CC)(CC)CC. The molecule has 5 atom stereocenters. The molecule has 192 valence electrons. The molecule has 0 spiro atoms. The lowest BCUT2D eigenvalue weighted by Gasteiger charge is -2.52. The molecule has 1 saturated heterocycles. The van der Waals surface area contributed by atoms with Gasteiger partial charge >= 0.3 is 0 Å². The third-order valence-electron chi connectivity index (χ3n) is 7.58. The van der Waals surface area contributed by atoms with Gasteiger partial charge in [0.1, 0.15) is 38.1 Å². The monoisotopic (exact) mass is 514 g/mol. The van der Waals surface area contributed by atoms with Gasteiger partial charge in [0.15, 0.2) is 16.6 Å². The molecule has 0 radical (unpaired) electrons. The van der Waals surface area contributed by atoms with Crippen molar-refractivity contribution in [2.75, 3.05) is 6.61 Å². The molecule has 1 fully saturated rings. The molecule has 33 heavy (non-hydrogen) atoms. The Morgan fingerprint density at radius 3 is 1.73 bits per heavy atom. The van der Waals surface area contributed by atoms with Crippen LogP contribution in [0.25, 0.3) is 0 Å². The van der Waals surface area contributed by atoms with Gasteiger partial charge in [0.25, 0.3) is 0 Å². The highest BCUT2D eigenvalue weighted by Crippen LogP contribution is 2.40. The van der Waals surface area contributed by atoms with Crippen LogP contribution in [0.3, 0.4) is 0 Å². The van der Waals surface area contributed by atoms with Gasteiger partial charge in [0, 0.05) is 0 Å². The molecule has 2 N–H and O–H groups in total. The smallest absolute Gasteiger partial charge is 0.192 e. The molecule has 0 amide bonds. The third kappa shape index (κ3) is 7.14. The van der Waals surface area contributed by atoms with E-state index < -0.39 is 54.7 Å². The van der Waals surface area contributed by atoms with Crippen molar-refractivity contribution in [2.24, 2.45) is 0 Å². The Labute approximate surface area is 206 Å². The van der Waals surface area contributed by atoms with Crippen molar-refractivity contribution in [1.29, 1.82) is 0 Å². The zero-order valence-corrected chi connectivity index (χ0v) is 25.7. The molecule has 1 aliphatic rings. The van der Waals surface area contributed by atoms with Crippen molar-refractivity contribution in [2.45, 2.75) is 127 Å². The fraction of sp³-hybridized carbons (Fsp3) is 0.840. The molecular formula is C25H50O5Si3. The van der Waals surface area contributed by atoms with Gasteiger partial charge in [-0.25, -0.2) is 0 Å². The molecule has 1 rings (SSSR count). The van der Waals surface area contributed by atoms with E-state index >= 15 is 0 Å². The van der Waals surface area contributed by atoms with Gasteiger partial charge in [0.05, 0.1) is 6.61 Å². The van der Waals surface area contributed by atoms with Crippen LogP contribution in [0, 0.1) is 11.5 Å². The molecule has 0 bridgehead atoms. The lowest BCUT2D eigenvalue weighted by atomic mass is 9.85. The Balaban J connectivity index is 3.62. The minimum atomic E-state index is -2.12. The van der Waals surface area contributed by atoms with Crippen LogP contribution in [0.2, 0.25) is 55.9 Å². The maximum absolute atomic E-state index is 11.8. The summed E-state index contributed by atoms with van der Waals surface area (Å²) in [6, 6.07) is 5.70. The minimum absolute atomic E-state index is 0.324. The standard InChI is InChI=1S/C25H50O5Si3/c1-11-25(20-26)24(30-33(15-5,16-6)17-7)22(27)23(29-32(12-2,13-3)14-4)21(28-25)18-19-31(8,9)10/h11,21-24,26-27H,1,12-17,20H2,2-10H3. The maximum atomic E-state index is 11.8. The summed E-state index contributed by atoms with van der Waals surface area (Å²) in [5.74, 6) is 3.31. The van der Waals surface area contributed by atoms with E-state index in [1.165, 1.54) is 0 Å². The molecule has 0 aromatic heterocycles. The van der Waals surface area contributed by atoms with Gasteiger partial charge in [0.2, 0.25) is 0 Å². The van der Waals surface area contributed by atoms with E-state index in [2.05, 4.69) is 79.2 Å². The quantitative estimate of drug-likeness (QED) is 0.209. The van der Waals surface area contributed by atoms with Gasteiger partial charge < -0.3 is 23.8 Å². The first-order chi connectivity index (χ1) is 15.4. The largest absolute Gasteiger partial charge is 0.408 e. The summed E-state index contributed by atoms with van der Waals surface area (Å²) in [5.41, 5.74) is 2.19. The maximum Gasteiger partial charge on any atom is 0.192 e. The molecule has 0 aromatic carbocycles. The number of hydrogen-bond donors (Lipinski definition) is 2. The van der Waals surface area contributed by atoms with Crippen LogP contribution >= 0.6 is 0 Å². The summed E-state index contributed by atoms with van der Waals surface area (Å²) in [5, 5.41) is 22.3. The topological polar surface area (TPSA) is 68.2 Å². The van der Waals surface area contributed by atoms with Crippen LogP contribution in [-0.2, 0) is 13.6 Å². The van der Waals surface area contributed by atoms with Gasteiger partial charge in [-0.05, 0) is 36.3 Å². The molecule has 0 aliphatic carbocycles. The fourth-order valence-corrected chi connectivity index (χ4v) is 10.9. The Morgan fingerprint density at radius 1 is 0.909 bits per heavy atom. The van der Waals surface area contributed by atoms with Crippen molar-refractivity contribution in [3.8, 4) is 11.5 Å². The Bertz CT molecular complexity index is 659. The first-order valence-electron chi connectivity index (χ1n) is 12.9. The first kappa shape index (κ1) is 30.8. The number of hydrogen-bond acceptors (Lipinski definition) is 5. The van der Waals surface area contributed by atoms with Crippen LogP contribution in [0.5, 0.6) is 0 Å².